The minimum Gasteiger partial charge on any atom is -0.497 e. The molecule has 158 valence electrons. The fourth-order valence-electron chi connectivity index (χ4n) is 5.36. The van der Waals surface area contributed by atoms with E-state index in [2.05, 4.69) is 54.4 Å². The molecule has 0 aliphatic carbocycles. The highest BCUT2D eigenvalue weighted by Gasteiger charge is 2.48. The second-order valence-corrected chi connectivity index (χ2v) is 8.59. The molecule has 3 aromatic rings. The van der Waals surface area contributed by atoms with Gasteiger partial charge in [0.1, 0.15) is 17.2 Å². The molecule has 0 saturated carbocycles. The van der Waals surface area contributed by atoms with Crippen LogP contribution in [0.1, 0.15) is 48.0 Å². The normalized spacial score (nSPS) is 25.7. The van der Waals surface area contributed by atoms with Crippen molar-refractivity contribution in [2.45, 2.75) is 50.1 Å². The number of benzene rings is 2. The van der Waals surface area contributed by atoms with Crippen LogP contribution < -0.4 is 4.74 Å². The lowest BCUT2D eigenvalue weighted by Crippen LogP contribution is -2.44. The van der Waals surface area contributed by atoms with Gasteiger partial charge in [0.15, 0.2) is 0 Å². The van der Waals surface area contributed by atoms with Crippen LogP contribution in [0.25, 0.3) is 11.3 Å². The van der Waals surface area contributed by atoms with Gasteiger partial charge in [-0.1, -0.05) is 35.0 Å². The number of hydrogen-bond acceptors (Lipinski definition) is 4. The summed E-state index contributed by atoms with van der Waals surface area (Å²) in [7, 11) is 3.96. The molecule has 2 unspecified atom stereocenters. The lowest BCUT2D eigenvalue weighted by Gasteiger charge is -2.42. The molecule has 2 aliphatic rings. The van der Waals surface area contributed by atoms with E-state index in [0.29, 0.717) is 23.9 Å². The maximum absolute atomic E-state index is 5.98. The Bertz CT molecular complexity index is 983. The van der Waals surface area contributed by atoms with Crippen LogP contribution in [0, 0.1) is 6.92 Å². The van der Waals surface area contributed by atoms with Crippen molar-refractivity contribution >= 4 is 12.4 Å². The summed E-state index contributed by atoms with van der Waals surface area (Å²) in [5.74, 6) is 2.67. The molecule has 2 aliphatic heterocycles. The Morgan fingerprint density at radius 1 is 1.03 bits per heavy atom. The molecule has 5 heteroatoms. The first-order valence-electron chi connectivity index (χ1n) is 10.5. The van der Waals surface area contributed by atoms with Crippen LogP contribution in [0.4, 0.5) is 0 Å². The van der Waals surface area contributed by atoms with Crippen molar-refractivity contribution in [3.63, 3.8) is 0 Å². The zero-order valence-corrected chi connectivity index (χ0v) is 18.6. The number of hydrogen-bond donors (Lipinski definition) is 0. The Labute approximate surface area is 184 Å². The third-order valence-corrected chi connectivity index (χ3v) is 7.02. The number of likely N-dealkylation sites (N-methyl/N-ethyl adjacent to an activating group) is 1. The first kappa shape index (κ1) is 21.0. The topological polar surface area (TPSA) is 38.5 Å². The molecule has 2 bridgehead atoms. The Kier molecular flexibility index (Phi) is 5.90. The quantitative estimate of drug-likeness (QED) is 0.529. The van der Waals surface area contributed by atoms with Gasteiger partial charge in [-0.3, -0.25) is 4.90 Å². The molecule has 3 heterocycles. The number of nitrogens with zero attached hydrogens (tertiary/aromatic N) is 2. The van der Waals surface area contributed by atoms with Crippen molar-refractivity contribution in [3.05, 3.63) is 71.5 Å². The van der Waals surface area contributed by atoms with E-state index < -0.39 is 0 Å². The molecule has 4 atom stereocenters. The Morgan fingerprint density at radius 3 is 2.47 bits per heavy atom. The summed E-state index contributed by atoms with van der Waals surface area (Å²) in [4.78, 5) is 2.57. The average molecular weight is 425 g/mol. The predicted molar refractivity (Wildman–Crippen MR) is 122 cm³/mol. The molecule has 2 saturated heterocycles. The van der Waals surface area contributed by atoms with Crippen molar-refractivity contribution in [1.29, 1.82) is 0 Å². The number of halogens is 1. The minimum atomic E-state index is 0. The lowest BCUT2D eigenvalue weighted by atomic mass is 9.74. The van der Waals surface area contributed by atoms with E-state index in [0.717, 1.165) is 22.8 Å². The van der Waals surface area contributed by atoms with Gasteiger partial charge in [0.25, 0.3) is 0 Å². The van der Waals surface area contributed by atoms with Gasteiger partial charge in [-0.25, -0.2) is 0 Å². The lowest BCUT2D eigenvalue weighted by molar-refractivity contribution is 0.122. The zero-order chi connectivity index (χ0) is 20.0. The molecule has 1 aromatic heterocycles. The number of piperidine rings is 1. The van der Waals surface area contributed by atoms with Gasteiger partial charge in [0.05, 0.1) is 7.11 Å². The summed E-state index contributed by atoms with van der Waals surface area (Å²) in [6.07, 6.45) is 3.69. The molecule has 2 aromatic carbocycles. The average Bonchev–Trinajstić information content (AvgIpc) is 3.31. The van der Waals surface area contributed by atoms with Gasteiger partial charge < -0.3 is 9.26 Å². The molecular formula is C25H29ClN2O2. The smallest absolute Gasteiger partial charge is 0.142 e. The molecular weight excluding hydrogens is 396 g/mol. The molecule has 0 spiro atoms. The number of aromatic nitrogens is 1. The first-order chi connectivity index (χ1) is 14.1. The maximum atomic E-state index is 5.98. The maximum Gasteiger partial charge on any atom is 0.142 e. The van der Waals surface area contributed by atoms with Crippen LogP contribution in [0.3, 0.4) is 0 Å². The van der Waals surface area contributed by atoms with Gasteiger partial charge in [0, 0.05) is 29.6 Å². The standard InChI is InChI=1S/C25H28N2O2.ClH/c1-16-4-6-17(7-5-16)21-14-19-10-13-23(27(19)2)25(21)24-15-22(26-29-24)18-8-11-20(28-3)12-9-18;/h4-9,11-12,15,19,21,23,25H,10,13-14H2,1-3H3;1H/t19?,21-,23?,25+;/m1./s1. The minimum absolute atomic E-state index is 0. The number of aryl methyl sites for hydroxylation is 1. The van der Waals surface area contributed by atoms with E-state index in [9.17, 15) is 0 Å². The van der Waals surface area contributed by atoms with E-state index in [-0.39, 0.29) is 12.4 Å². The summed E-state index contributed by atoms with van der Waals surface area (Å²) in [5, 5.41) is 4.43. The van der Waals surface area contributed by atoms with Crippen LogP contribution >= 0.6 is 12.4 Å². The molecule has 0 amide bonds. The van der Waals surface area contributed by atoms with Crippen LogP contribution in [-0.2, 0) is 0 Å². The van der Waals surface area contributed by atoms with Crippen molar-refractivity contribution in [3.8, 4) is 17.0 Å². The monoisotopic (exact) mass is 424 g/mol. The molecule has 2 fully saturated rings. The van der Waals surface area contributed by atoms with E-state index in [1.165, 1.54) is 30.4 Å². The molecule has 30 heavy (non-hydrogen) atoms. The molecule has 0 N–H and O–H groups in total. The molecule has 5 rings (SSSR count). The van der Waals surface area contributed by atoms with Crippen LogP contribution in [-0.4, -0.2) is 36.3 Å². The molecule has 0 radical (unpaired) electrons. The van der Waals surface area contributed by atoms with Gasteiger partial charge in [-0.2, -0.15) is 0 Å². The zero-order valence-electron chi connectivity index (χ0n) is 17.7. The second-order valence-electron chi connectivity index (χ2n) is 8.59. The van der Waals surface area contributed by atoms with Gasteiger partial charge in [-0.05, 0) is 69.0 Å². The van der Waals surface area contributed by atoms with E-state index in [1.54, 1.807) is 7.11 Å². The largest absolute Gasteiger partial charge is 0.497 e. The highest BCUT2D eigenvalue weighted by Crippen LogP contribution is 2.51. The molecule has 4 nitrogen and oxygen atoms in total. The van der Waals surface area contributed by atoms with Gasteiger partial charge in [-0.15, -0.1) is 12.4 Å². The number of fused-ring (bicyclic) bond motifs is 2. The fourth-order valence-corrected chi connectivity index (χ4v) is 5.36. The van der Waals surface area contributed by atoms with Crippen LogP contribution in [0.5, 0.6) is 5.75 Å². The summed E-state index contributed by atoms with van der Waals surface area (Å²) in [6, 6.07) is 20.4. The Hall–Kier alpha value is -2.30. The SMILES string of the molecule is COc1ccc(-c2cc([C@@H]3C4CCC(C[C@@H]3c3ccc(C)cc3)N4C)on2)cc1.Cl. The fraction of sp³-hybridized carbons (Fsp3) is 0.400. The van der Waals surface area contributed by atoms with Gasteiger partial charge in [0.2, 0.25) is 0 Å². The third-order valence-electron chi connectivity index (χ3n) is 7.02. The van der Waals surface area contributed by atoms with E-state index in [4.69, 9.17) is 9.26 Å². The predicted octanol–water partition coefficient (Wildman–Crippen LogP) is 5.81. The summed E-state index contributed by atoms with van der Waals surface area (Å²) in [5.41, 5.74) is 4.69. The summed E-state index contributed by atoms with van der Waals surface area (Å²) >= 11 is 0. The van der Waals surface area contributed by atoms with Crippen LogP contribution in [0.15, 0.2) is 59.1 Å². The number of ether oxygens (including phenoxy) is 1. The second kappa shape index (κ2) is 8.44. The summed E-state index contributed by atoms with van der Waals surface area (Å²) < 4.78 is 11.3. The highest BCUT2D eigenvalue weighted by molar-refractivity contribution is 5.85. The summed E-state index contributed by atoms with van der Waals surface area (Å²) in [6.45, 7) is 2.15. The number of methoxy groups -OCH3 is 1. The first-order valence-corrected chi connectivity index (χ1v) is 10.5. The highest BCUT2D eigenvalue weighted by atomic mass is 35.5. The van der Waals surface area contributed by atoms with Crippen molar-refractivity contribution in [1.82, 2.24) is 10.1 Å². The third kappa shape index (κ3) is 3.63. The van der Waals surface area contributed by atoms with Crippen molar-refractivity contribution in [2.75, 3.05) is 14.2 Å². The van der Waals surface area contributed by atoms with E-state index >= 15 is 0 Å². The Balaban J connectivity index is 0.00000218. The van der Waals surface area contributed by atoms with Crippen LogP contribution in [0.2, 0.25) is 0 Å². The number of rotatable bonds is 4. The van der Waals surface area contributed by atoms with Crippen molar-refractivity contribution in [2.24, 2.45) is 0 Å². The van der Waals surface area contributed by atoms with Crippen molar-refractivity contribution < 1.29 is 9.26 Å². The van der Waals surface area contributed by atoms with E-state index in [1.807, 2.05) is 24.3 Å². The Morgan fingerprint density at radius 2 is 1.77 bits per heavy atom. The van der Waals surface area contributed by atoms with Gasteiger partial charge >= 0.3 is 0 Å².